The SMILES string of the molecule is CCOC(=O)CC(C)=Nc1ccc(OC)nc1. The molecule has 0 N–H and O–H groups in total. The fourth-order valence-electron chi connectivity index (χ4n) is 1.24. The average Bonchev–Trinajstić information content (AvgIpc) is 2.30. The Bertz CT molecular complexity index is 399. The molecule has 0 unspecified atom stereocenters. The van der Waals surface area contributed by atoms with Crippen LogP contribution in [0, 0.1) is 0 Å². The Morgan fingerprint density at radius 3 is 2.76 bits per heavy atom. The predicted octanol–water partition coefficient (Wildman–Crippen LogP) is 2.14. The van der Waals surface area contributed by atoms with Gasteiger partial charge in [0.25, 0.3) is 0 Å². The van der Waals surface area contributed by atoms with E-state index in [4.69, 9.17) is 9.47 Å². The largest absolute Gasteiger partial charge is 0.481 e. The van der Waals surface area contributed by atoms with Gasteiger partial charge in [-0.15, -0.1) is 0 Å². The Hall–Kier alpha value is -1.91. The molecule has 17 heavy (non-hydrogen) atoms. The Labute approximate surface area is 100 Å². The number of hydrogen-bond acceptors (Lipinski definition) is 5. The fourth-order valence-corrected chi connectivity index (χ4v) is 1.24. The van der Waals surface area contributed by atoms with Gasteiger partial charge in [0.1, 0.15) is 0 Å². The van der Waals surface area contributed by atoms with E-state index in [-0.39, 0.29) is 12.4 Å². The lowest BCUT2D eigenvalue weighted by molar-refractivity contribution is -0.141. The molecule has 0 saturated carbocycles. The van der Waals surface area contributed by atoms with Gasteiger partial charge in [0.15, 0.2) is 0 Å². The molecule has 0 saturated heterocycles. The third-order valence-corrected chi connectivity index (χ3v) is 1.96. The van der Waals surface area contributed by atoms with E-state index in [1.54, 1.807) is 39.3 Å². The van der Waals surface area contributed by atoms with Gasteiger partial charge in [-0.1, -0.05) is 0 Å². The van der Waals surface area contributed by atoms with Gasteiger partial charge in [0.05, 0.1) is 32.0 Å². The highest BCUT2D eigenvalue weighted by Crippen LogP contribution is 2.14. The second kappa shape index (κ2) is 6.62. The first kappa shape index (κ1) is 13.2. The van der Waals surface area contributed by atoms with Crippen molar-refractivity contribution in [2.45, 2.75) is 20.3 Å². The molecule has 0 bridgehead atoms. The summed E-state index contributed by atoms with van der Waals surface area (Å²) in [5, 5.41) is 0. The van der Waals surface area contributed by atoms with Crippen LogP contribution in [0.5, 0.6) is 5.88 Å². The van der Waals surface area contributed by atoms with Crippen molar-refractivity contribution in [2.75, 3.05) is 13.7 Å². The minimum atomic E-state index is -0.268. The van der Waals surface area contributed by atoms with Gasteiger partial charge in [-0.25, -0.2) is 4.98 Å². The molecule has 1 rings (SSSR count). The van der Waals surface area contributed by atoms with Gasteiger partial charge in [-0.3, -0.25) is 9.79 Å². The number of aliphatic imine (C=N–C) groups is 1. The molecule has 0 aliphatic rings. The predicted molar refractivity (Wildman–Crippen MR) is 64.8 cm³/mol. The van der Waals surface area contributed by atoms with E-state index in [1.807, 2.05) is 0 Å². The van der Waals surface area contributed by atoms with Crippen LogP contribution in [0.2, 0.25) is 0 Å². The average molecular weight is 236 g/mol. The number of hydrogen-bond donors (Lipinski definition) is 0. The Balaban J connectivity index is 2.63. The molecule has 0 spiro atoms. The third kappa shape index (κ3) is 4.63. The summed E-state index contributed by atoms with van der Waals surface area (Å²) in [5.41, 5.74) is 1.38. The minimum Gasteiger partial charge on any atom is -0.481 e. The summed E-state index contributed by atoms with van der Waals surface area (Å²) < 4.78 is 9.77. The van der Waals surface area contributed by atoms with Crippen molar-refractivity contribution in [3.05, 3.63) is 18.3 Å². The zero-order chi connectivity index (χ0) is 12.7. The second-order valence-electron chi connectivity index (χ2n) is 3.39. The smallest absolute Gasteiger partial charge is 0.311 e. The van der Waals surface area contributed by atoms with Crippen molar-refractivity contribution in [3.8, 4) is 5.88 Å². The van der Waals surface area contributed by atoms with E-state index in [1.165, 1.54) is 0 Å². The zero-order valence-corrected chi connectivity index (χ0v) is 10.3. The molecule has 0 aliphatic carbocycles. The molecule has 1 aromatic heterocycles. The molecule has 0 atom stereocenters. The maximum atomic E-state index is 11.2. The van der Waals surface area contributed by atoms with Crippen LogP contribution in [0.15, 0.2) is 23.3 Å². The van der Waals surface area contributed by atoms with Crippen molar-refractivity contribution in [1.82, 2.24) is 4.98 Å². The first-order valence-electron chi connectivity index (χ1n) is 5.35. The second-order valence-corrected chi connectivity index (χ2v) is 3.39. The van der Waals surface area contributed by atoms with Crippen LogP contribution in [-0.4, -0.2) is 30.4 Å². The summed E-state index contributed by atoms with van der Waals surface area (Å²) in [6, 6.07) is 3.50. The normalized spacial score (nSPS) is 11.1. The fraction of sp³-hybridized carbons (Fsp3) is 0.417. The summed E-state index contributed by atoms with van der Waals surface area (Å²) >= 11 is 0. The molecule has 0 aliphatic heterocycles. The first-order chi connectivity index (χ1) is 8.15. The number of carbonyl (C=O) groups is 1. The monoisotopic (exact) mass is 236 g/mol. The van der Waals surface area contributed by atoms with Crippen LogP contribution < -0.4 is 4.74 Å². The molecule has 5 heteroatoms. The van der Waals surface area contributed by atoms with E-state index in [0.717, 1.165) is 0 Å². The number of pyridine rings is 1. The molecule has 0 fully saturated rings. The lowest BCUT2D eigenvalue weighted by Gasteiger charge is -2.02. The maximum absolute atomic E-state index is 11.2. The van der Waals surface area contributed by atoms with Crippen molar-refractivity contribution in [2.24, 2.45) is 4.99 Å². The maximum Gasteiger partial charge on any atom is 0.311 e. The molecule has 1 heterocycles. The third-order valence-electron chi connectivity index (χ3n) is 1.96. The van der Waals surface area contributed by atoms with Crippen LogP contribution in [-0.2, 0) is 9.53 Å². The molecular formula is C12H16N2O3. The van der Waals surface area contributed by atoms with E-state index >= 15 is 0 Å². The van der Waals surface area contributed by atoms with E-state index in [2.05, 4.69) is 9.98 Å². The highest BCUT2D eigenvalue weighted by molar-refractivity contribution is 5.98. The van der Waals surface area contributed by atoms with Gasteiger partial charge >= 0.3 is 5.97 Å². The van der Waals surface area contributed by atoms with E-state index in [9.17, 15) is 4.79 Å². The van der Waals surface area contributed by atoms with Crippen LogP contribution in [0.4, 0.5) is 5.69 Å². The van der Waals surface area contributed by atoms with Gasteiger partial charge in [0, 0.05) is 11.8 Å². The number of rotatable bonds is 5. The highest BCUT2D eigenvalue weighted by Gasteiger charge is 2.04. The molecule has 5 nitrogen and oxygen atoms in total. The van der Waals surface area contributed by atoms with Crippen molar-refractivity contribution in [3.63, 3.8) is 0 Å². The zero-order valence-electron chi connectivity index (χ0n) is 10.3. The molecule has 0 amide bonds. The van der Waals surface area contributed by atoms with Crippen LogP contribution in [0.25, 0.3) is 0 Å². The van der Waals surface area contributed by atoms with Crippen molar-refractivity contribution >= 4 is 17.4 Å². The molecular weight excluding hydrogens is 220 g/mol. The summed E-state index contributed by atoms with van der Waals surface area (Å²) in [7, 11) is 1.55. The van der Waals surface area contributed by atoms with Crippen LogP contribution in [0.1, 0.15) is 20.3 Å². The summed E-state index contributed by atoms with van der Waals surface area (Å²) in [6.45, 7) is 3.94. The van der Waals surface area contributed by atoms with Crippen LogP contribution >= 0.6 is 0 Å². The number of methoxy groups -OCH3 is 1. The van der Waals surface area contributed by atoms with Gasteiger partial charge in [0.2, 0.25) is 5.88 Å². The van der Waals surface area contributed by atoms with Gasteiger partial charge < -0.3 is 9.47 Å². The molecule has 0 aromatic carbocycles. The number of nitrogens with zero attached hydrogens (tertiary/aromatic N) is 2. The van der Waals surface area contributed by atoms with Gasteiger partial charge in [-0.05, 0) is 19.9 Å². The van der Waals surface area contributed by atoms with E-state index in [0.29, 0.717) is 23.9 Å². The molecule has 0 radical (unpaired) electrons. The van der Waals surface area contributed by atoms with Crippen molar-refractivity contribution in [1.29, 1.82) is 0 Å². The molecule has 92 valence electrons. The van der Waals surface area contributed by atoms with Crippen LogP contribution in [0.3, 0.4) is 0 Å². The Morgan fingerprint density at radius 1 is 1.47 bits per heavy atom. The Morgan fingerprint density at radius 2 is 2.24 bits per heavy atom. The van der Waals surface area contributed by atoms with Gasteiger partial charge in [-0.2, -0.15) is 0 Å². The lowest BCUT2D eigenvalue weighted by atomic mass is 10.3. The van der Waals surface area contributed by atoms with Crippen molar-refractivity contribution < 1.29 is 14.3 Å². The lowest BCUT2D eigenvalue weighted by Crippen LogP contribution is -2.08. The number of esters is 1. The number of ether oxygens (including phenoxy) is 2. The number of aromatic nitrogens is 1. The Kier molecular flexibility index (Phi) is 5.13. The van der Waals surface area contributed by atoms with E-state index < -0.39 is 0 Å². The topological polar surface area (TPSA) is 60.8 Å². The summed E-state index contributed by atoms with van der Waals surface area (Å²) in [5.74, 6) is 0.266. The summed E-state index contributed by atoms with van der Waals surface area (Å²) in [6.07, 6.45) is 1.79. The minimum absolute atomic E-state index is 0.194. The number of carbonyl (C=O) groups excluding carboxylic acids is 1. The highest BCUT2D eigenvalue weighted by atomic mass is 16.5. The summed E-state index contributed by atoms with van der Waals surface area (Å²) in [4.78, 5) is 19.5. The molecule has 1 aromatic rings. The standard InChI is InChI=1S/C12H16N2O3/c1-4-17-12(15)7-9(2)14-10-5-6-11(16-3)13-8-10/h5-6,8H,4,7H2,1-3H3. The quantitative estimate of drug-likeness (QED) is 0.580. The first-order valence-corrected chi connectivity index (χ1v) is 5.35.